The van der Waals surface area contributed by atoms with E-state index in [-0.39, 0.29) is 17.2 Å². The van der Waals surface area contributed by atoms with Crippen LogP contribution >= 0.6 is 0 Å². The van der Waals surface area contributed by atoms with E-state index in [2.05, 4.69) is 0 Å². The molecule has 2 aromatic carbocycles. The van der Waals surface area contributed by atoms with Crippen LogP contribution in [-0.2, 0) is 14.6 Å². The van der Waals surface area contributed by atoms with Crippen LogP contribution in [-0.4, -0.2) is 19.6 Å². The number of amides is 1. The number of hydrogen-bond donors (Lipinski definition) is 0. The number of hydrogen-bond acceptors (Lipinski definition) is 4. The lowest BCUT2D eigenvalue weighted by molar-refractivity contribution is -0.117. The lowest BCUT2D eigenvalue weighted by atomic mass is 10.0. The first-order valence-electron chi connectivity index (χ1n) is 8.28. The van der Waals surface area contributed by atoms with Crippen molar-refractivity contribution < 1.29 is 17.6 Å². The Morgan fingerprint density at radius 1 is 0.885 bits per heavy atom. The molecule has 1 saturated heterocycles. The minimum absolute atomic E-state index is 0.0858. The average Bonchev–Trinajstić information content (AvgIpc) is 3.30. The van der Waals surface area contributed by atoms with Crippen molar-refractivity contribution in [3.8, 4) is 0 Å². The van der Waals surface area contributed by atoms with Gasteiger partial charge in [-0.25, -0.2) is 8.42 Å². The third-order valence-corrected chi connectivity index (χ3v) is 6.78. The average molecular weight is 367 g/mol. The summed E-state index contributed by atoms with van der Waals surface area (Å²) in [6.45, 7) is 0. The lowest BCUT2D eigenvalue weighted by Crippen LogP contribution is -2.32. The highest BCUT2D eigenvalue weighted by molar-refractivity contribution is 7.92. The minimum atomic E-state index is -3.70. The van der Waals surface area contributed by atoms with Gasteiger partial charge in [-0.1, -0.05) is 48.5 Å². The molecule has 1 aromatic heterocycles. The first-order chi connectivity index (χ1) is 12.6. The number of carbonyl (C=O) groups excluding carboxylic acids is 1. The van der Waals surface area contributed by atoms with Crippen LogP contribution in [0.15, 0.2) is 88.4 Å². The molecule has 1 amide bonds. The molecule has 3 aromatic rings. The van der Waals surface area contributed by atoms with E-state index in [1.54, 1.807) is 42.5 Å². The highest BCUT2D eigenvalue weighted by Crippen LogP contribution is 2.42. The van der Waals surface area contributed by atoms with Crippen LogP contribution in [0.1, 0.15) is 18.0 Å². The van der Waals surface area contributed by atoms with Gasteiger partial charge in [-0.2, -0.15) is 0 Å². The molecule has 132 valence electrons. The topological polar surface area (TPSA) is 67.6 Å². The second-order valence-electron chi connectivity index (χ2n) is 6.17. The quantitative estimate of drug-likeness (QED) is 0.707. The summed E-state index contributed by atoms with van der Waals surface area (Å²) < 4.78 is 32.0. The number of nitrogens with zero attached hydrogens (tertiary/aromatic N) is 1. The van der Waals surface area contributed by atoms with Crippen LogP contribution in [0.5, 0.6) is 0 Å². The zero-order valence-corrected chi connectivity index (χ0v) is 14.7. The van der Waals surface area contributed by atoms with Gasteiger partial charge in [0.1, 0.15) is 0 Å². The molecular weight excluding hydrogens is 350 g/mol. The Morgan fingerprint density at radius 2 is 1.54 bits per heavy atom. The largest absolute Gasteiger partial charge is 0.448 e. The molecule has 1 aliphatic heterocycles. The molecule has 0 unspecified atom stereocenters. The Labute approximate surface area is 151 Å². The van der Waals surface area contributed by atoms with Gasteiger partial charge in [0.05, 0.1) is 22.5 Å². The van der Waals surface area contributed by atoms with Gasteiger partial charge < -0.3 is 4.42 Å². The summed E-state index contributed by atoms with van der Waals surface area (Å²) in [6.07, 6.45) is 1.39. The molecule has 2 atom stereocenters. The van der Waals surface area contributed by atoms with Crippen LogP contribution in [0.4, 0.5) is 5.88 Å². The number of benzene rings is 2. The fraction of sp³-hybridized carbons (Fsp3) is 0.150. The normalized spacial score (nSPS) is 20.5. The van der Waals surface area contributed by atoms with Gasteiger partial charge in [-0.3, -0.25) is 9.69 Å². The van der Waals surface area contributed by atoms with Gasteiger partial charge in [0, 0.05) is 12.5 Å². The van der Waals surface area contributed by atoms with Gasteiger partial charge in [0.2, 0.25) is 11.8 Å². The zero-order chi connectivity index (χ0) is 18.1. The maximum absolute atomic E-state index is 13.3. The summed E-state index contributed by atoms with van der Waals surface area (Å²) in [6, 6.07) is 20.2. The molecule has 26 heavy (non-hydrogen) atoms. The predicted octanol–water partition coefficient (Wildman–Crippen LogP) is 3.60. The first kappa shape index (κ1) is 16.6. The zero-order valence-electron chi connectivity index (χ0n) is 13.9. The van der Waals surface area contributed by atoms with Crippen LogP contribution in [0.2, 0.25) is 0 Å². The van der Waals surface area contributed by atoms with E-state index in [1.165, 1.54) is 11.2 Å². The molecule has 0 saturated carbocycles. The van der Waals surface area contributed by atoms with Crippen molar-refractivity contribution in [2.75, 3.05) is 4.90 Å². The second kappa shape index (κ2) is 6.46. The van der Waals surface area contributed by atoms with E-state index in [1.807, 2.05) is 30.3 Å². The van der Waals surface area contributed by atoms with Gasteiger partial charge in [0.15, 0.2) is 9.84 Å². The van der Waals surface area contributed by atoms with Crippen LogP contribution in [0.3, 0.4) is 0 Å². The molecule has 1 aliphatic rings. The van der Waals surface area contributed by atoms with Crippen LogP contribution in [0.25, 0.3) is 0 Å². The van der Waals surface area contributed by atoms with Gasteiger partial charge in [0.25, 0.3) is 0 Å². The van der Waals surface area contributed by atoms with E-state index >= 15 is 0 Å². The molecule has 0 spiro atoms. The third kappa shape index (κ3) is 2.72. The van der Waals surface area contributed by atoms with E-state index in [0.717, 1.165) is 5.56 Å². The van der Waals surface area contributed by atoms with Crippen molar-refractivity contribution in [2.45, 2.75) is 22.6 Å². The molecule has 5 nitrogen and oxygen atoms in total. The summed E-state index contributed by atoms with van der Waals surface area (Å²) in [5, 5.41) is -0.884. The number of sulfone groups is 1. The Morgan fingerprint density at radius 3 is 2.15 bits per heavy atom. The fourth-order valence-electron chi connectivity index (χ4n) is 3.45. The Hall–Kier alpha value is -2.86. The lowest BCUT2D eigenvalue weighted by Gasteiger charge is -2.26. The van der Waals surface area contributed by atoms with E-state index in [0.29, 0.717) is 5.88 Å². The first-order valence-corrected chi connectivity index (χ1v) is 9.83. The van der Waals surface area contributed by atoms with E-state index < -0.39 is 21.1 Å². The molecule has 6 heteroatoms. The molecule has 2 heterocycles. The Balaban J connectivity index is 1.85. The summed E-state index contributed by atoms with van der Waals surface area (Å²) in [7, 11) is -3.70. The fourth-order valence-corrected chi connectivity index (χ4v) is 5.32. The molecule has 4 rings (SSSR count). The van der Waals surface area contributed by atoms with Crippen LogP contribution < -0.4 is 4.90 Å². The number of carbonyl (C=O) groups is 1. The van der Waals surface area contributed by atoms with Crippen molar-refractivity contribution in [3.05, 3.63) is 84.6 Å². The molecular formula is C20H17NO4S. The molecule has 1 fully saturated rings. The van der Waals surface area contributed by atoms with Gasteiger partial charge >= 0.3 is 0 Å². The van der Waals surface area contributed by atoms with Crippen molar-refractivity contribution in [2.24, 2.45) is 0 Å². The predicted molar refractivity (Wildman–Crippen MR) is 97.4 cm³/mol. The molecule has 0 radical (unpaired) electrons. The summed E-state index contributed by atoms with van der Waals surface area (Å²) >= 11 is 0. The van der Waals surface area contributed by atoms with E-state index in [4.69, 9.17) is 4.42 Å². The number of rotatable bonds is 4. The van der Waals surface area contributed by atoms with Crippen molar-refractivity contribution >= 4 is 21.6 Å². The monoisotopic (exact) mass is 367 g/mol. The van der Waals surface area contributed by atoms with Gasteiger partial charge in [-0.15, -0.1) is 0 Å². The Bertz CT molecular complexity index is 998. The Kier molecular flexibility index (Phi) is 4.12. The van der Waals surface area contributed by atoms with Crippen molar-refractivity contribution in [3.63, 3.8) is 0 Å². The van der Waals surface area contributed by atoms with Crippen molar-refractivity contribution in [1.82, 2.24) is 0 Å². The minimum Gasteiger partial charge on any atom is -0.448 e. The highest BCUT2D eigenvalue weighted by Gasteiger charge is 2.49. The maximum Gasteiger partial charge on any atom is 0.231 e. The summed E-state index contributed by atoms with van der Waals surface area (Å²) in [4.78, 5) is 14.4. The van der Waals surface area contributed by atoms with E-state index in [9.17, 15) is 13.2 Å². The SMILES string of the molecule is O=C1C[C@@H](S(=O)(=O)c2ccccc2)[C@H](c2ccccc2)N1c1ccco1. The number of furan rings is 1. The standard InChI is InChI=1S/C20H17NO4S/c22-18-14-17(26(23,24)16-10-5-2-6-11-16)20(15-8-3-1-4-9-15)21(18)19-12-7-13-25-19/h1-13,17,20H,14H2/t17-,20+/m1/s1. The summed E-state index contributed by atoms with van der Waals surface area (Å²) in [5.74, 6) is 0.0907. The number of anilines is 1. The highest BCUT2D eigenvalue weighted by atomic mass is 32.2. The molecule has 0 bridgehead atoms. The maximum atomic E-state index is 13.3. The summed E-state index contributed by atoms with van der Waals surface area (Å²) in [5.41, 5.74) is 0.763. The molecule has 0 aliphatic carbocycles. The smallest absolute Gasteiger partial charge is 0.231 e. The van der Waals surface area contributed by atoms with Gasteiger partial charge in [-0.05, 0) is 23.8 Å². The third-order valence-electron chi connectivity index (χ3n) is 4.63. The van der Waals surface area contributed by atoms with Crippen molar-refractivity contribution in [1.29, 1.82) is 0 Å². The second-order valence-corrected chi connectivity index (χ2v) is 8.34. The molecule has 0 N–H and O–H groups in total. The van der Waals surface area contributed by atoms with Crippen LogP contribution in [0, 0.1) is 0 Å².